The number of carboxylic acids is 1. The SMILES string of the molecule is C[C@@H]1CC[C@]2(C(=O)O)CC[C@]3(C)C(=CCC4[C@@]5(C)CC(=C\c6ccccc6Br)/C(=N\N=C(N)N)C(C)(C)C5CC[C@]43C)C2[C@H]1C. The van der Waals surface area contributed by atoms with E-state index in [-0.39, 0.29) is 33.5 Å². The highest BCUT2D eigenvalue weighted by Crippen LogP contribution is 2.76. The summed E-state index contributed by atoms with van der Waals surface area (Å²) in [5, 5.41) is 19.7. The number of hydrogen-bond donors (Lipinski definition) is 3. The van der Waals surface area contributed by atoms with Crippen molar-refractivity contribution in [2.24, 2.45) is 78.3 Å². The van der Waals surface area contributed by atoms with Crippen molar-refractivity contribution in [3.05, 3.63) is 51.5 Å². The van der Waals surface area contributed by atoms with E-state index in [2.05, 4.69) is 99.8 Å². The maximum absolute atomic E-state index is 13.1. The maximum Gasteiger partial charge on any atom is 0.310 e. The van der Waals surface area contributed by atoms with Gasteiger partial charge in [0.05, 0.1) is 11.1 Å². The first kappa shape index (κ1) is 32.5. The number of nitrogens with zero attached hydrogens (tertiary/aromatic N) is 2. The second-order valence-electron chi connectivity index (χ2n) is 16.7. The van der Waals surface area contributed by atoms with Gasteiger partial charge in [0.2, 0.25) is 5.96 Å². The van der Waals surface area contributed by atoms with E-state index in [0.717, 1.165) is 67.1 Å². The molecule has 4 fully saturated rings. The molecule has 0 saturated heterocycles. The van der Waals surface area contributed by atoms with Crippen LogP contribution in [0, 0.1) is 56.7 Å². The Balaban J connectivity index is 1.49. The minimum absolute atomic E-state index is 0.0123. The number of allylic oxidation sites excluding steroid dienone is 3. The Morgan fingerprint density at radius 3 is 2.38 bits per heavy atom. The number of carboxylic acid groups (broad SMARTS) is 1. The van der Waals surface area contributed by atoms with Crippen LogP contribution in [0.15, 0.2) is 56.2 Å². The molecule has 0 radical (unpaired) electrons. The molecule has 0 amide bonds. The number of benzene rings is 1. The van der Waals surface area contributed by atoms with Crippen LogP contribution in [0.3, 0.4) is 0 Å². The summed E-state index contributed by atoms with van der Waals surface area (Å²) in [5.41, 5.74) is 15.6. The quantitative estimate of drug-likeness (QED) is 0.128. The second kappa shape index (κ2) is 10.8. The average molecular weight is 678 g/mol. The molecule has 244 valence electrons. The highest BCUT2D eigenvalue weighted by molar-refractivity contribution is 9.10. The minimum atomic E-state index is -0.621. The molecule has 5 aliphatic rings. The minimum Gasteiger partial charge on any atom is -0.481 e. The first-order valence-electron chi connectivity index (χ1n) is 17.1. The van der Waals surface area contributed by atoms with Gasteiger partial charge in [0.25, 0.3) is 0 Å². The second-order valence-corrected chi connectivity index (χ2v) is 17.5. The molecule has 0 bridgehead atoms. The zero-order valence-electron chi connectivity index (χ0n) is 28.3. The molecule has 7 heteroatoms. The summed E-state index contributed by atoms with van der Waals surface area (Å²) in [6.07, 6.45) is 12.5. The Morgan fingerprint density at radius 1 is 1.00 bits per heavy atom. The van der Waals surface area contributed by atoms with Gasteiger partial charge in [-0.1, -0.05) is 94.2 Å². The van der Waals surface area contributed by atoms with E-state index in [1.807, 2.05) is 6.07 Å². The standard InChI is InChI=1S/C38H53BrN4O2/c1-22-14-17-38(32(44)45)19-18-36(6)26(30(38)23(22)2)12-13-29-35(5)21-25(20-24-10-8-9-11-27(24)39)31(42-43-33(40)41)34(3,4)28(35)15-16-37(29,36)7/h8-12,20,22-23,28-30H,13-19,21H2,1-7H3,(H,44,45)(H4,40,41,43)/b25-20+,42-31+/t22-,23+,28?,29?,30?,35+,36-,37-,38+/m1/s1. The van der Waals surface area contributed by atoms with Crippen molar-refractivity contribution >= 4 is 39.6 Å². The zero-order chi connectivity index (χ0) is 32.7. The van der Waals surface area contributed by atoms with Crippen LogP contribution < -0.4 is 11.5 Å². The van der Waals surface area contributed by atoms with Crippen molar-refractivity contribution < 1.29 is 9.90 Å². The Kier molecular flexibility index (Phi) is 7.82. The van der Waals surface area contributed by atoms with Crippen LogP contribution in [-0.4, -0.2) is 22.7 Å². The summed E-state index contributed by atoms with van der Waals surface area (Å²) in [7, 11) is 0. The summed E-state index contributed by atoms with van der Waals surface area (Å²) in [6, 6.07) is 8.33. The number of rotatable bonds is 3. The molecule has 9 atom stereocenters. The van der Waals surface area contributed by atoms with Crippen LogP contribution in [0.2, 0.25) is 0 Å². The molecular weight excluding hydrogens is 624 g/mol. The van der Waals surface area contributed by atoms with Crippen LogP contribution in [-0.2, 0) is 4.79 Å². The number of guanidine groups is 1. The average Bonchev–Trinajstić information content (AvgIpc) is 2.95. The van der Waals surface area contributed by atoms with Crippen molar-refractivity contribution in [3.63, 3.8) is 0 Å². The third-order valence-electron chi connectivity index (χ3n) is 14.5. The van der Waals surface area contributed by atoms with E-state index in [1.165, 1.54) is 11.1 Å². The summed E-state index contributed by atoms with van der Waals surface area (Å²) in [5.74, 6) is 1.29. The fourth-order valence-electron chi connectivity index (χ4n) is 11.9. The first-order chi connectivity index (χ1) is 21.0. The third-order valence-corrected chi connectivity index (χ3v) is 15.3. The van der Waals surface area contributed by atoms with Crippen molar-refractivity contribution in [1.29, 1.82) is 0 Å². The lowest BCUT2D eigenvalue weighted by Crippen LogP contribution is -2.65. The smallest absolute Gasteiger partial charge is 0.310 e. The van der Waals surface area contributed by atoms with Crippen molar-refractivity contribution in [1.82, 2.24) is 0 Å². The molecule has 0 aliphatic heterocycles. The number of nitrogens with two attached hydrogens (primary N) is 2. The molecular formula is C38H53BrN4O2. The van der Waals surface area contributed by atoms with Gasteiger partial charge >= 0.3 is 5.97 Å². The van der Waals surface area contributed by atoms with E-state index in [4.69, 9.17) is 16.6 Å². The molecule has 0 spiro atoms. The van der Waals surface area contributed by atoms with Gasteiger partial charge in [0.1, 0.15) is 0 Å². The molecule has 45 heavy (non-hydrogen) atoms. The van der Waals surface area contributed by atoms with Gasteiger partial charge in [-0.25, -0.2) is 0 Å². The van der Waals surface area contributed by atoms with E-state index >= 15 is 0 Å². The maximum atomic E-state index is 13.1. The first-order valence-corrected chi connectivity index (χ1v) is 17.9. The molecule has 4 saturated carbocycles. The van der Waals surface area contributed by atoms with E-state index < -0.39 is 11.4 Å². The van der Waals surface area contributed by atoms with Crippen LogP contribution in [0.25, 0.3) is 6.08 Å². The van der Waals surface area contributed by atoms with E-state index in [1.54, 1.807) is 0 Å². The highest BCUT2D eigenvalue weighted by atomic mass is 79.9. The molecule has 0 heterocycles. The largest absolute Gasteiger partial charge is 0.481 e. The number of halogens is 1. The zero-order valence-corrected chi connectivity index (χ0v) is 29.9. The summed E-state index contributed by atoms with van der Waals surface area (Å²) >= 11 is 3.77. The highest BCUT2D eigenvalue weighted by Gasteiger charge is 2.69. The van der Waals surface area contributed by atoms with Gasteiger partial charge in [-0.05, 0) is 120 Å². The van der Waals surface area contributed by atoms with Crippen molar-refractivity contribution in [2.45, 2.75) is 99.8 Å². The Labute approximate surface area is 278 Å². The monoisotopic (exact) mass is 676 g/mol. The predicted molar refractivity (Wildman–Crippen MR) is 187 cm³/mol. The van der Waals surface area contributed by atoms with Crippen LogP contribution >= 0.6 is 15.9 Å². The van der Waals surface area contributed by atoms with Crippen molar-refractivity contribution in [3.8, 4) is 0 Å². The number of fused-ring (bicyclic) bond motifs is 7. The summed E-state index contributed by atoms with van der Waals surface area (Å²) < 4.78 is 1.05. The third kappa shape index (κ3) is 4.56. The molecule has 0 aromatic heterocycles. The van der Waals surface area contributed by atoms with Gasteiger partial charge in [0, 0.05) is 9.89 Å². The Bertz CT molecular complexity index is 1520. The normalized spacial score (nSPS) is 43.7. The number of carbonyl (C=O) groups is 1. The van der Waals surface area contributed by atoms with Gasteiger partial charge < -0.3 is 16.6 Å². The predicted octanol–water partition coefficient (Wildman–Crippen LogP) is 8.81. The fraction of sp³-hybridized carbons (Fsp3) is 0.658. The molecule has 1 aromatic rings. The lowest BCUT2D eigenvalue weighted by molar-refractivity contribution is -0.179. The topological polar surface area (TPSA) is 114 Å². The van der Waals surface area contributed by atoms with Crippen LogP contribution in [0.4, 0.5) is 0 Å². The van der Waals surface area contributed by atoms with Crippen LogP contribution in [0.5, 0.6) is 0 Å². The van der Waals surface area contributed by atoms with Gasteiger partial charge in [-0.3, -0.25) is 4.79 Å². The van der Waals surface area contributed by atoms with E-state index in [9.17, 15) is 9.90 Å². The number of aliphatic carboxylic acids is 1. The molecule has 6 rings (SSSR count). The van der Waals surface area contributed by atoms with Crippen molar-refractivity contribution in [2.75, 3.05) is 0 Å². The summed E-state index contributed by atoms with van der Waals surface area (Å²) in [4.78, 5) is 13.1. The molecule has 3 unspecified atom stereocenters. The lowest BCUT2D eigenvalue weighted by Gasteiger charge is -2.71. The molecule has 6 nitrogen and oxygen atoms in total. The van der Waals surface area contributed by atoms with Gasteiger partial charge in [-0.2, -0.15) is 5.10 Å². The molecule has 1 aromatic carbocycles. The van der Waals surface area contributed by atoms with Gasteiger partial charge in [-0.15, -0.1) is 5.10 Å². The van der Waals surface area contributed by atoms with Gasteiger partial charge in [0.15, 0.2) is 0 Å². The Hall–Kier alpha value is -2.41. The van der Waals surface area contributed by atoms with E-state index in [0.29, 0.717) is 23.7 Å². The summed E-state index contributed by atoms with van der Waals surface area (Å²) in [6.45, 7) is 17.0. The number of hydrogen-bond acceptors (Lipinski definition) is 3. The van der Waals surface area contributed by atoms with Crippen LogP contribution in [0.1, 0.15) is 105 Å². The fourth-order valence-corrected chi connectivity index (χ4v) is 12.3. The molecule has 5 aliphatic carbocycles. The lowest BCUT2D eigenvalue weighted by atomic mass is 9.33. The molecule has 5 N–H and O–H groups in total. The Morgan fingerprint density at radius 2 is 1.71 bits per heavy atom.